The minimum atomic E-state index is -0.307. The molecule has 0 saturated carbocycles. The molecular weight excluding hydrogens is 169 g/mol. The predicted octanol–water partition coefficient (Wildman–Crippen LogP) is 1.37. The highest BCUT2D eigenvalue weighted by molar-refractivity contribution is 6.00. The molecule has 1 unspecified atom stereocenters. The van der Waals surface area contributed by atoms with Crippen LogP contribution in [0.5, 0.6) is 0 Å². The minimum Gasteiger partial charge on any atom is -0.307 e. The number of ketones is 1. The van der Waals surface area contributed by atoms with E-state index in [1.807, 2.05) is 0 Å². The molecule has 1 atom stereocenters. The number of rotatable bonds is 2. The molecule has 0 amide bonds. The van der Waals surface area contributed by atoms with Crippen LogP contribution in [0.1, 0.15) is 16.8 Å². The van der Waals surface area contributed by atoms with E-state index in [4.69, 9.17) is 0 Å². The molecule has 1 aliphatic rings. The Balaban J connectivity index is 2.15. The summed E-state index contributed by atoms with van der Waals surface area (Å²) in [5.41, 5.74) is 0.582. The Hall–Kier alpha value is -1.22. The second-order valence-electron chi connectivity index (χ2n) is 3.17. The van der Waals surface area contributed by atoms with Gasteiger partial charge in [-0.3, -0.25) is 4.79 Å². The largest absolute Gasteiger partial charge is 0.307 e. The topological polar surface area (TPSA) is 29.1 Å². The van der Waals surface area contributed by atoms with Gasteiger partial charge in [-0.2, -0.15) is 0 Å². The molecule has 2 nitrogen and oxygen atoms in total. The van der Waals surface area contributed by atoms with Crippen molar-refractivity contribution in [3.63, 3.8) is 0 Å². The van der Waals surface area contributed by atoms with E-state index in [1.54, 1.807) is 0 Å². The Kier molecular flexibility index (Phi) is 2.10. The maximum atomic E-state index is 12.5. The lowest BCUT2D eigenvalue weighted by Crippen LogP contribution is -2.48. The lowest BCUT2D eigenvalue weighted by molar-refractivity contribution is 0.0904. The van der Waals surface area contributed by atoms with Crippen LogP contribution >= 0.6 is 0 Å². The van der Waals surface area contributed by atoms with Crippen LogP contribution in [0.2, 0.25) is 0 Å². The van der Waals surface area contributed by atoms with Crippen molar-refractivity contribution in [2.75, 3.05) is 6.54 Å². The van der Waals surface area contributed by atoms with Gasteiger partial charge in [-0.15, -0.1) is 0 Å². The number of nitrogens with one attached hydrogen (secondary N) is 1. The monoisotopic (exact) mass is 179 g/mol. The van der Waals surface area contributed by atoms with Crippen molar-refractivity contribution in [1.82, 2.24) is 5.32 Å². The van der Waals surface area contributed by atoms with Gasteiger partial charge in [0.25, 0.3) is 0 Å². The SMILES string of the molecule is O=C(c1ccc(F)cc1)C1CCN1. The van der Waals surface area contributed by atoms with Gasteiger partial charge in [-0.25, -0.2) is 4.39 Å². The molecule has 13 heavy (non-hydrogen) atoms. The van der Waals surface area contributed by atoms with Crippen molar-refractivity contribution in [3.8, 4) is 0 Å². The smallest absolute Gasteiger partial charge is 0.179 e. The molecule has 1 saturated heterocycles. The molecule has 0 bridgehead atoms. The van der Waals surface area contributed by atoms with Crippen LogP contribution < -0.4 is 5.32 Å². The fraction of sp³-hybridized carbons (Fsp3) is 0.300. The van der Waals surface area contributed by atoms with Crippen molar-refractivity contribution in [2.24, 2.45) is 0 Å². The van der Waals surface area contributed by atoms with Gasteiger partial charge in [0.1, 0.15) is 5.82 Å². The van der Waals surface area contributed by atoms with Gasteiger partial charge in [-0.05, 0) is 37.2 Å². The lowest BCUT2D eigenvalue weighted by atomic mass is 9.97. The van der Waals surface area contributed by atoms with E-state index in [9.17, 15) is 9.18 Å². The van der Waals surface area contributed by atoms with E-state index in [-0.39, 0.29) is 17.6 Å². The van der Waals surface area contributed by atoms with Gasteiger partial charge in [-0.1, -0.05) is 0 Å². The van der Waals surface area contributed by atoms with Crippen molar-refractivity contribution in [1.29, 1.82) is 0 Å². The molecule has 1 aromatic rings. The molecule has 3 heteroatoms. The summed E-state index contributed by atoms with van der Waals surface area (Å²) in [5, 5.41) is 3.02. The number of carbonyl (C=O) groups is 1. The van der Waals surface area contributed by atoms with Crippen LogP contribution in [0.25, 0.3) is 0 Å². The first-order valence-electron chi connectivity index (χ1n) is 4.30. The summed E-state index contributed by atoms with van der Waals surface area (Å²) < 4.78 is 12.5. The standard InChI is InChI=1S/C10H10FNO/c11-8-3-1-7(2-4-8)10(13)9-5-6-12-9/h1-4,9,12H,5-6H2. The van der Waals surface area contributed by atoms with Crippen LogP contribution in [-0.4, -0.2) is 18.4 Å². The Morgan fingerprint density at radius 2 is 2.00 bits per heavy atom. The third kappa shape index (κ3) is 1.60. The van der Waals surface area contributed by atoms with Gasteiger partial charge < -0.3 is 5.32 Å². The number of hydrogen-bond donors (Lipinski definition) is 1. The van der Waals surface area contributed by atoms with Crippen molar-refractivity contribution in [2.45, 2.75) is 12.5 Å². The fourth-order valence-corrected chi connectivity index (χ4v) is 1.33. The molecule has 1 fully saturated rings. The summed E-state index contributed by atoms with van der Waals surface area (Å²) in [7, 11) is 0. The fourth-order valence-electron chi connectivity index (χ4n) is 1.33. The summed E-state index contributed by atoms with van der Waals surface area (Å²) in [6.07, 6.45) is 0.885. The van der Waals surface area contributed by atoms with Gasteiger partial charge >= 0.3 is 0 Å². The Bertz CT molecular complexity index is 316. The molecular formula is C10H10FNO. The molecule has 2 rings (SSSR count). The number of halogens is 1. The zero-order chi connectivity index (χ0) is 9.26. The maximum absolute atomic E-state index is 12.5. The highest BCUT2D eigenvalue weighted by Crippen LogP contribution is 2.11. The molecule has 0 radical (unpaired) electrons. The average molecular weight is 179 g/mol. The predicted molar refractivity (Wildman–Crippen MR) is 47.1 cm³/mol. The second kappa shape index (κ2) is 3.26. The summed E-state index contributed by atoms with van der Waals surface area (Å²) in [6.45, 7) is 0.900. The Morgan fingerprint density at radius 1 is 1.38 bits per heavy atom. The number of benzene rings is 1. The number of carbonyl (C=O) groups excluding carboxylic acids is 1. The molecule has 0 aromatic heterocycles. The molecule has 1 N–H and O–H groups in total. The van der Waals surface area contributed by atoms with Crippen molar-refractivity contribution >= 4 is 5.78 Å². The van der Waals surface area contributed by atoms with E-state index >= 15 is 0 Å². The van der Waals surface area contributed by atoms with Crippen LogP contribution in [0.15, 0.2) is 24.3 Å². The molecule has 0 aliphatic carbocycles. The summed E-state index contributed by atoms with van der Waals surface area (Å²) >= 11 is 0. The van der Waals surface area contributed by atoms with Crippen LogP contribution in [-0.2, 0) is 0 Å². The molecule has 1 heterocycles. The second-order valence-corrected chi connectivity index (χ2v) is 3.17. The van der Waals surface area contributed by atoms with Crippen molar-refractivity contribution in [3.05, 3.63) is 35.6 Å². The third-order valence-electron chi connectivity index (χ3n) is 2.27. The average Bonchev–Trinajstić information content (AvgIpc) is 2.02. The molecule has 1 aromatic carbocycles. The summed E-state index contributed by atoms with van der Waals surface area (Å²) in [5.74, 6) is -0.246. The van der Waals surface area contributed by atoms with Crippen LogP contribution in [0.3, 0.4) is 0 Å². The van der Waals surface area contributed by atoms with Gasteiger partial charge in [0, 0.05) is 5.56 Å². The van der Waals surface area contributed by atoms with Gasteiger partial charge in [0.2, 0.25) is 0 Å². The van der Waals surface area contributed by atoms with E-state index < -0.39 is 0 Å². The first-order valence-corrected chi connectivity index (χ1v) is 4.30. The quantitative estimate of drug-likeness (QED) is 0.695. The van der Waals surface area contributed by atoms with Gasteiger partial charge in [0.05, 0.1) is 6.04 Å². The van der Waals surface area contributed by atoms with Crippen LogP contribution in [0.4, 0.5) is 4.39 Å². The van der Waals surface area contributed by atoms with Gasteiger partial charge in [0.15, 0.2) is 5.78 Å². The Labute approximate surface area is 75.8 Å². The normalized spacial score (nSPS) is 20.8. The van der Waals surface area contributed by atoms with E-state index in [0.717, 1.165) is 13.0 Å². The highest BCUT2D eigenvalue weighted by atomic mass is 19.1. The Morgan fingerprint density at radius 3 is 2.46 bits per heavy atom. The third-order valence-corrected chi connectivity index (χ3v) is 2.27. The van der Waals surface area contributed by atoms with E-state index in [0.29, 0.717) is 5.56 Å². The van der Waals surface area contributed by atoms with E-state index in [2.05, 4.69) is 5.32 Å². The summed E-state index contributed by atoms with van der Waals surface area (Å²) in [4.78, 5) is 11.6. The first kappa shape index (κ1) is 8.38. The zero-order valence-electron chi connectivity index (χ0n) is 7.09. The molecule has 0 spiro atoms. The maximum Gasteiger partial charge on any atom is 0.179 e. The summed E-state index contributed by atoms with van der Waals surface area (Å²) in [6, 6.07) is 5.62. The lowest BCUT2D eigenvalue weighted by Gasteiger charge is -2.25. The van der Waals surface area contributed by atoms with Crippen molar-refractivity contribution < 1.29 is 9.18 Å². The number of Topliss-reactive ketones (excluding diaryl/α,β-unsaturated/α-hetero) is 1. The highest BCUT2D eigenvalue weighted by Gasteiger charge is 2.25. The zero-order valence-corrected chi connectivity index (χ0v) is 7.09. The molecule has 1 aliphatic heterocycles. The first-order chi connectivity index (χ1) is 6.27. The number of hydrogen-bond acceptors (Lipinski definition) is 2. The van der Waals surface area contributed by atoms with E-state index in [1.165, 1.54) is 24.3 Å². The minimum absolute atomic E-state index is 0.0505. The van der Waals surface area contributed by atoms with Crippen LogP contribution in [0, 0.1) is 5.82 Å². The molecule has 68 valence electrons.